The van der Waals surface area contributed by atoms with Gasteiger partial charge in [0.1, 0.15) is 17.2 Å². The van der Waals surface area contributed by atoms with Crippen molar-refractivity contribution in [2.45, 2.75) is 88.8 Å². The monoisotopic (exact) mass is 1150 g/mol. The molecule has 78 heavy (non-hydrogen) atoms. The van der Waals surface area contributed by atoms with Crippen LogP contribution in [0.4, 0.5) is 13.2 Å². The Morgan fingerprint density at radius 3 is 1.50 bits per heavy atom. The van der Waals surface area contributed by atoms with Crippen molar-refractivity contribution < 1.29 is 92.9 Å². The van der Waals surface area contributed by atoms with Crippen LogP contribution in [-0.4, -0.2) is 141 Å². The molecule has 2 unspecified atom stereocenters. The van der Waals surface area contributed by atoms with E-state index in [1.54, 1.807) is 24.3 Å². The molecule has 0 spiro atoms. The Bertz CT molecular complexity index is 3080. The van der Waals surface area contributed by atoms with Gasteiger partial charge in [-0.05, 0) is 116 Å². The largest absolute Gasteiger partial charge is 0.573 e. The third kappa shape index (κ3) is 12.7. The maximum absolute atomic E-state index is 13.3. The number of carbonyl (C=O) groups is 6. The molecule has 0 aromatic heterocycles. The van der Waals surface area contributed by atoms with E-state index in [0.29, 0.717) is 28.5 Å². The predicted molar refractivity (Wildman–Crippen MR) is 266 cm³/mol. The van der Waals surface area contributed by atoms with Crippen molar-refractivity contribution in [2.75, 3.05) is 52.7 Å². The van der Waals surface area contributed by atoms with Gasteiger partial charge >= 0.3 is 6.36 Å². The highest BCUT2D eigenvalue weighted by Crippen LogP contribution is 2.39. The molecule has 4 aliphatic rings. The molecule has 21 nitrogen and oxygen atoms in total. The van der Waals surface area contributed by atoms with Crippen molar-refractivity contribution in [1.82, 2.24) is 20.8 Å². The topological polar surface area (TPSA) is 288 Å². The van der Waals surface area contributed by atoms with Crippen LogP contribution in [0.3, 0.4) is 0 Å². The van der Waals surface area contributed by atoms with E-state index in [4.69, 9.17) is 41.0 Å². The summed E-state index contributed by atoms with van der Waals surface area (Å²) in [4.78, 5) is 77.2. The fourth-order valence-corrected chi connectivity index (χ4v) is 13.7. The molecule has 6 amide bonds. The number of nitrogens with one attached hydrogen (secondary N) is 2. The summed E-state index contributed by atoms with van der Waals surface area (Å²) in [6, 6.07) is 22.9. The number of hydrogen-bond donors (Lipinski definition) is 4. The van der Waals surface area contributed by atoms with Crippen molar-refractivity contribution in [3.05, 3.63) is 113 Å². The van der Waals surface area contributed by atoms with Crippen LogP contribution >= 0.6 is 11.6 Å². The third-order valence-electron chi connectivity index (χ3n) is 13.8. The van der Waals surface area contributed by atoms with Gasteiger partial charge in [-0.3, -0.25) is 49.0 Å². The number of hydrogen-bond acceptors (Lipinski definition) is 17. The standard InChI is InChI=1S/C26H27F3N2O9S.C25H27ClN2O8S/c27-26(28,29)40-19-4-1-3-17(15-19)21-16-22(32)31(23(21)33)11-2-12-39-18-5-7-20(8-6-18)41(36,37)25(24(34)30-35)9-13-38-14-10-25;26-21-5-2-1-4-19(21)20-16-22(29)28(23(20)30)12-3-13-36-17-6-8-18(9-7-17)37(33,34)25(24(31)27-32)10-14-35-15-11-25/h1,3-8,15,21,35H,2,9-14,16H2,(H,30,34);1-2,4-9,20,32H,3,10-16H2,(H,27,31). The Balaban J connectivity index is 0.000000227. The number of ether oxygens (including phenoxy) is 5. The number of alkyl halides is 3. The van der Waals surface area contributed by atoms with E-state index in [9.17, 15) is 58.8 Å². The molecule has 4 fully saturated rings. The highest BCUT2D eigenvalue weighted by molar-refractivity contribution is 7.94. The second-order valence-electron chi connectivity index (χ2n) is 18.4. The fraction of sp³-hybridized carbons (Fsp3) is 0.412. The zero-order valence-electron chi connectivity index (χ0n) is 41.4. The first-order chi connectivity index (χ1) is 37.1. The van der Waals surface area contributed by atoms with Gasteiger partial charge in [-0.15, -0.1) is 13.2 Å². The Hall–Kier alpha value is -6.68. The van der Waals surface area contributed by atoms with Crippen LogP contribution in [0.1, 0.15) is 74.3 Å². The average molecular weight is 1150 g/mol. The van der Waals surface area contributed by atoms with Gasteiger partial charge in [-0.2, -0.15) is 0 Å². The second kappa shape index (κ2) is 25.0. The molecule has 27 heteroatoms. The minimum atomic E-state index is -4.89. The van der Waals surface area contributed by atoms with E-state index >= 15 is 0 Å². The smallest absolute Gasteiger partial charge is 0.494 e. The minimum Gasteiger partial charge on any atom is -0.494 e. The molecule has 4 aromatic rings. The first-order valence-corrected chi connectivity index (χ1v) is 27.7. The van der Waals surface area contributed by atoms with Gasteiger partial charge < -0.3 is 23.7 Å². The molecule has 0 bridgehead atoms. The highest BCUT2D eigenvalue weighted by Gasteiger charge is 2.54. The first kappa shape index (κ1) is 59.0. The Labute approximate surface area is 450 Å². The number of sulfone groups is 2. The molecule has 4 aromatic carbocycles. The number of carbonyl (C=O) groups excluding carboxylic acids is 6. The molecule has 4 saturated heterocycles. The molecule has 0 aliphatic carbocycles. The second-order valence-corrected chi connectivity index (χ2v) is 23.3. The molecule has 0 radical (unpaired) electrons. The number of hydroxylamine groups is 2. The molecule has 4 heterocycles. The predicted octanol–water partition coefficient (Wildman–Crippen LogP) is 5.21. The van der Waals surface area contributed by atoms with Gasteiger partial charge in [-0.25, -0.2) is 27.8 Å². The van der Waals surface area contributed by atoms with Crippen molar-refractivity contribution in [3.63, 3.8) is 0 Å². The number of rotatable bonds is 19. The van der Waals surface area contributed by atoms with Crippen molar-refractivity contribution in [3.8, 4) is 17.2 Å². The normalized spacial score (nSPS) is 19.4. The van der Waals surface area contributed by atoms with E-state index in [1.807, 2.05) is 0 Å². The van der Waals surface area contributed by atoms with E-state index in [0.717, 1.165) is 17.0 Å². The van der Waals surface area contributed by atoms with E-state index in [-0.39, 0.29) is 125 Å². The van der Waals surface area contributed by atoms with Gasteiger partial charge in [0.15, 0.2) is 29.2 Å². The molecule has 4 N–H and O–H groups in total. The summed E-state index contributed by atoms with van der Waals surface area (Å²) in [5.74, 6) is -4.90. The van der Waals surface area contributed by atoms with Gasteiger partial charge in [0.25, 0.3) is 11.8 Å². The molecule has 0 saturated carbocycles. The van der Waals surface area contributed by atoms with Crippen LogP contribution in [0.25, 0.3) is 0 Å². The van der Waals surface area contributed by atoms with Gasteiger partial charge in [0.2, 0.25) is 23.6 Å². The maximum atomic E-state index is 13.3. The van der Waals surface area contributed by atoms with Crippen LogP contribution in [0.15, 0.2) is 107 Å². The number of likely N-dealkylation sites (tertiary alicyclic amines) is 2. The average Bonchev–Trinajstić information content (AvgIpc) is 3.95. The maximum Gasteiger partial charge on any atom is 0.573 e. The molecule has 2 atom stereocenters. The lowest BCUT2D eigenvalue weighted by molar-refractivity contribution is -0.274. The zero-order chi connectivity index (χ0) is 56.5. The summed E-state index contributed by atoms with van der Waals surface area (Å²) in [6.45, 7) is 0.687. The van der Waals surface area contributed by atoms with Crippen molar-refractivity contribution in [2.24, 2.45) is 0 Å². The summed E-state index contributed by atoms with van der Waals surface area (Å²) in [5.41, 5.74) is 3.81. The first-order valence-electron chi connectivity index (χ1n) is 24.4. The van der Waals surface area contributed by atoms with Crippen LogP contribution < -0.4 is 25.2 Å². The van der Waals surface area contributed by atoms with Crippen LogP contribution in [0.5, 0.6) is 17.2 Å². The SMILES string of the molecule is O=C1CC(c2cccc(OC(F)(F)F)c2)C(=O)N1CCCOc1ccc(S(=O)(=O)C2(C(=O)NO)CCOCC2)cc1.O=C1CC(c2ccccc2Cl)C(=O)N1CCCOc1ccc(S(=O)(=O)C2(C(=O)NO)CCOCC2)cc1. The van der Waals surface area contributed by atoms with E-state index in [1.165, 1.54) is 76.5 Å². The third-order valence-corrected chi connectivity index (χ3v) is 19.2. The van der Waals surface area contributed by atoms with Crippen LogP contribution in [0.2, 0.25) is 5.02 Å². The Morgan fingerprint density at radius 2 is 1.06 bits per heavy atom. The molecule has 8 rings (SSSR count). The summed E-state index contributed by atoms with van der Waals surface area (Å²) in [7, 11) is -8.32. The minimum absolute atomic E-state index is 0.0141. The lowest BCUT2D eigenvalue weighted by Crippen LogP contribution is -2.54. The lowest BCUT2D eigenvalue weighted by atomic mass is 9.97. The van der Waals surface area contributed by atoms with Crippen LogP contribution in [-0.2, 0) is 57.9 Å². The number of nitrogens with zero attached hydrogens (tertiary/aromatic N) is 2. The van der Waals surface area contributed by atoms with Crippen LogP contribution in [0, 0.1) is 0 Å². The van der Waals surface area contributed by atoms with Gasteiger partial charge in [-0.1, -0.05) is 41.9 Å². The van der Waals surface area contributed by atoms with E-state index < -0.39 is 76.7 Å². The summed E-state index contributed by atoms with van der Waals surface area (Å²) < 4.78 is 113. The number of amides is 6. The molecule has 4 aliphatic heterocycles. The Kier molecular flexibility index (Phi) is 18.9. The summed E-state index contributed by atoms with van der Waals surface area (Å²) in [5, 5.41) is 18.7. The molecular weight excluding hydrogens is 1100 g/mol. The summed E-state index contributed by atoms with van der Waals surface area (Å²) in [6.07, 6.45) is -4.79. The van der Waals surface area contributed by atoms with Gasteiger partial charge in [0.05, 0.1) is 34.8 Å². The summed E-state index contributed by atoms with van der Waals surface area (Å²) >= 11 is 6.20. The van der Waals surface area contributed by atoms with Crippen molar-refractivity contribution in [1.29, 1.82) is 0 Å². The molecular formula is C51H54ClF3N4O17S2. The fourth-order valence-electron chi connectivity index (χ4n) is 9.57. The highest BCUT2D eigenvalue weighted by atomic mass is 35.5. The number of halogens is 4. The van der Waals surface area contributed by atoms with Crippen molar-refractivity contribution >= 4 is 66.7 Å². The Morgan fingerprint density at radius 1 is 0.628 bits per heavy atom. The zero-order valence-corrected chi connectivity index (χ0v) is 43.8. The number of imide groups is 2. The van der Waals surface area contributed by atoms with Gasteiger partial charge in [0, 0.05) is 57.4 Å². The quantitative estimate of drug-likeness (QED) is 0.0406. The number of benzene rings is 4. The van der Waals surface area contributed by atoms with E-state index in [2.05, 4.69) is 4.74 Å². The lowest BCUT2D eigenvalue weighted by Gasteiger charge is -2.34. The molecule has 420 valence electrons.